The molecule has 1 amide bonds. The van der Waals surface area contributed by atoms with Gasteiger partial charge >= 0.3 is 0 Å². The molecule has 8 nitrogen and oxygen atoms in total. The molecule has 2 fully saturated rings. The molecule has 24 heavy (non-hydrogen) atoms. The van der Waals surface area contributed by atoms with Gasteiger partial charge in [-0.25, -0.2) is 4.68 Å². The SMILES string of the molecule is Cn1ncc(N2CC[C@H](CNC(=O)CCN3CCCO3)C2)cc1=O. The lowest BCUT2D eigenvalue weighted by molar-refractivity contribution is -0.130. The van der Waals surface area contributed by atoms with Crippen LogP contribution in [0.1, 0.15) is 19.3 Å². The maximum Gasteiger partial charge on any atom is 0.268 e. The molecule has 2 aliphatic heterocycles. The van der Waals surface area contributed by atoms with Crippen LogP contribution in [0.15, 0.2) is 17.1 Å². The normalized spacial score (nSPS) is 21.4. The van der Waals surface area contributed by atoms with Gasteiger partial charge in [0.05, 0.1) is 18.5 Å². The van der Waals surface area contributed by atoms with E-state index in [1.165, 1.54) is 4.68 Å². The molecule has 1 N–H and O–H groups in total. The first-order valence-electron chi connectivity index (χ1n) is 8.54. The molecular formula is C16H25N5O3. The average molecular weight is 335 g/mol. The zero-order chi connectivity index (χ0) is 16.9. The summed E-state index contributed by atoms with van der Waals surface area (Å²) in [4.78, 5) is 31.1. The number of amides is 1. The average Bonchev–Trinajstić information content (AvgIpc) is 3.25. The lowest BCUT2D eigenvalue weighted by Gasteiger charge is -2.18. The van der Waals surface area contributed by atoms with Crippen molar-refractivity contribution in [1.82, 2.24) is 20.2 Å². The molecule has 8 heteroatoms. The van der Waals surface area contributed by atoms with Crippen molar-refractivity contribution in [3.05, 3.63) is 22.6 Å². The van der Waals surface area contributed by atoms with Crippen molar-refractivity contribution in [2.75, 3.05) is 44.2 Å². The fourth-order valence-electron chi connectivity index (χ4n) is 3.11. The van der Waals surface area contributed by atoms with Gasteiger partial charge in [0.1, 0.15) is 0 Å². The molecule has 0 unspecified atom stereocenters. The highest BCUT2D eigenvalue weighted by Gasteiger charge is 2.24. The predicted molar refractivity (Wildman–Crippen MR) is 89.6 cm³/mol. The zero-order valence-electron chi connectivity index (χ0n) is 14.1. The summed E-state index contributed by atoms with van der Waals surface area (Å²) in [5, 5.41) is 8.93. The Bertz CT molecular complexity index is 626. The van der Waals surface area contributed by atoms with E-state index in [0.717, 1.165) is 44.8 Å². The van der Waals surface area contributed by atoms with Crippen molar-refractivity contribution in [1.29, 1.82) is 0 Å². The second-order valence-corrected chi connectivity index (χ2v) is 6.45. The molecule has 3 heterocycles. The van der Waals surface area contributed by atoms with Crippen LogP contribution in [0.2, 0.25) is 0 Å². The zero-order valence-corrected chi connectivity index (χ0v) is 14.1. The Kier molecular flexibility index (Phi) is 5.47. The van der Waals surface area contributed by atoms with Crippen molar-refractivity contribution in [2.24, 2.45) is 13.0 Å². The maximum absolute atomic E-state index is 11.9. The number of aryl methyl sites for hydroxylation is 1. The minimum Gasteiger partial charge on any atom is -0.370 e. The smallest absolute Gasteiger partial charge is 0.268 e. The lowest BCUT2D eigenvalue weighted by Crippen LogP contribution is -2.33. The molecule has 2 aliphatic rings. The Labute approximate surface area is 141 Å². The van der Waals surface area contributed by atoms with Crippen molar-refractivity contribution < 1.29 is 9.63 Å². The Morgan fingerprint density at radius 1 is 1.46 bits per heavy atom. The molecule has 1 aromatic rings. The third kappa shape index (κ3) is 4.33. The summed E-state index contributed by atoms with van der Waals surface area (Å²) in [7, 11) is 1.64. The predicted octanol–water partition coefficient (Wildman–Crippen LogP) is -0.250. The van der Waals surface area contributed by atoms with Gasteiger partial charge in [0.2, 0.25) is 5.91 Å². The molecule has 0 spiro atoms. The van der Waals surface area contributed by atoms with E-state index >= 15 is 0 Å². The summed E-state index contributed by atoms with van der Waals surface area (Å²) < 4.78 is 1.32. The molecule has 1 aromatic heterocycles. The summed E-state index contributed by atoms with van der Waals surface area (Å²) in [5.41, 5.74) is 0.756. The van der Waals surface area contributed by atoms with Crippen LogP contribution < -0.4 is 15.8 Å². The van der Waals surface area contributed by atoms with Crippen LogP contribution >= 0.6 is 0 Å². The summed E-state index contributed by atoms with van der Waals surface area (Å²) in [6, 6.07) is 1.62. The summed E-state index contributed by atoms with van der Waals surface area (Å²) >= 11 is 0. The highest BCUT2D eigenvalue weighted by molar-refractivity contribution is 5.76. The van der Waals surface area contributed by atoms with Crippen molar-refractivity contribution in [3.63, 3.8) is 0 Å². The maximum atomic E-state index is 11.9. The van der Waals surface area contributed by atoms with Gasteiger partial charge in [-0.15, -0.1) is 0 Å². The van der Waals surface area contributed by atoms with E-state index in [1.54, 1.807) is 19.3 Å². The number of nitrogens with zero attached hydrogens (tertiary/aromatic N) is 4. The van der Waals surface area contributed by atoms with Gasteiger partial charge in [-0.05, 0) is 18.8 Å². The number of nitrogens with one attached hydrogen (secondary N) is 1. The third-order valence-electron chi connectivity index (χ3n) is 4.61. The Balaban J connectivity index is 1.40. The van der Waals surface area contributed by atoms with Crippen LogP contribution in [0.25, 0.3) is 0 Å². The Morgan fingerprint density at radius 3 is 3.08 bits per heavy atom. The molecule has 1 atom stereocenters. The van der Waals surface area contributed by atoms with Gasteiger partial charge in [-0.3, -0.25) is 14.4 Å². The van der Waals surface area contributed by atoms with Gasteiger partial charge in [0.25, 0.3) is 5.56 Å². The molecule has 0 radical (unpaired) electrons. The number of carbonyl (C=O) groups is 1. The number of aromatic nitrogens is 2. The number of hydrogen-bond donors (Lipinski definition) is 1. The fraction of sp³-hybridized carbons (Fsp3) is 0.688. The summed E-state index contributed by atoms with van der Waals surface area (Å²) in [5.74, 6) is 0.472. The molecule has 0 aromatic carbocycles. The Morgan fingerprint density at radius 2 is 2.33 bits per heavy atom. The molecular weight excluding hydrogens is 310 g/mol. The first-order chi connectivity index (χ1) is 11.6. The monoisotopic (exact) mass is 335 g/mol. The molecule has 0 aliphatic carbocycles. The Hall–Kier alpha value is -1.93. The third-order valence-corrected chi connectivity index (χ3v) is 4.61. The second kappa shape index (κ2) is 7.76. The minimum absolute atomic E-state index is 0.0687. The molecule has 0 saturated carbocycles. The number of anilines is 1. The van der Waals surface area contributed by atoms with E-state index in [2.05, 4.69) is 15.3 Å². The molecule has 0 bridgehead atoms. The van der Waals surface area contributed by atoms with E-state index in [9.17, 15) is 9.59 Å². The van der Waals surface area contributed by atoms with E-state index in [1.807, 2.05) is 5.06 Å². The van der Waals surface area contributed by atoms with Crippen LogP contribution in [0.3, 0.4) is 0 Å². The first-order valence-corrected chi connectivity index (χ1v) is 8.54. The fourth-order valence-corrected chi connectivity index (χ4v) is 3.11. The summed E-state index contributed by atoms with van der Waals surface area (Å²) in [6.07, 6.45) is 4.23. The number of carbonyl (C=O) groups excluding carboxylic acids is 1. The van der Waals surface area contributed by atoms with Crippen molar-refractivity contribution in [3.8, 4) is 0 Å². The molecule has 132 valence electrons. The van der Waals surface area contributed by atoms with E-state index in [4.69, 9.17) is 4.84 Å². The van der Waals surface area contributed by atoms with Crippen LogP contribution in [0.5, 0.6) is 0 Å². The van der Waals surface area contributed by atoms with Crippen molar-refractivity contribution in [2.45, 2.75) is 19.3 Å². The molecule has 2 saturated heterocycles. The quantitative estimate of drug-likeness (QED) is 0.772. The highest BCUT2D eigenvalue weighted by atomic mass is 16.7. The largest absolute Gasteiger partial charge is 0.370 e. The number of rotatable bonds is 6. The number of hydrogen-bond acceptors (Lipinski definition) is 6. The first kappa shape index (κ1) is 16.9. The second-order valence-electron chi connectivity index (χ2n) is 6.45. The lowest BCUT2D eigenvalue weighted by atomic mass is 10.1. The van der Waals surface area contributed by atoms with E-state index in [-0.39, 0.29) is 11.5 Å². The van der Waals surface area contributed by atoms with Crippen LogP contribution in [0, 0.1) is 5.92 Å². The minimum atomic E-state index is -0.103. The van der Waals surface area contributed by atoms with Gasteiger partial charge in [0, 0.05) is 52.3 Å². The van der Waals surface area contributed by atoms with Gasteiger partial charge in [-0.1, -0.05) is 0 Å². The van der Waals surface area contributed by atoms with E-state index < -0.39 is 0 Å². The topological polar surface area (TPSA) is 79.7 Å². The van der Waals surface area contributed by atoms with Gasteiger partial charge in [-0.2, -0.15) is 10.2 Å². The van der Waals surface area contributed by atoms with Crippen molar-refractivity contribution >= 4 is 11.6 Å². The number of hydroxylamine groups is 2. The van der Waals surface area contributed by atoms with Crippen LogP contribution in [-0.2, 0) is 16.7 Å². The molecule has 3 rings (SSSR count). The highest BCUT2D eigenvalue weighted by Crippen LogP contribution is 2.21. The van der Waals surface area contributed by atoms with Gasteiger partial charge < -0.3 is 10.2 Å². The van der Waals surface area contributed by atoms with E-state index in [0.29, 0.717) is 25.4 Å². The van der Waals surface area contributed by atoms with Gasteiger partial charge in [0.15, 0.2) is 0 Å². The van der Waals surface area contributed by atoms with Crippen LogP contribution in [0.4, 0.5) is 5.69 Å². The van der Waals surface area contributed by atoms with Crippen LogP contribution in [-0.4, -0.2) is 60.1 Å². The summed E-state index contributed by atoms with van der Waals surface area (Å²) in [6.45, 7) is 4.73. The standard InChI is InChI=1S/C16H25N5O3/c1-19-16(23)9-14(11-18-19)20-6-3-13(12-20)10-17-15(22)4-7-21-5-2-8-24-21/h9,11,13H,2-8,10,12H2,1H3,(H,17,22)/t13-/m1/s1.